The van der Waals surface area contributed by atoms with Gasteiger partial charge in [0.05, 0.1) is 0 Å². The Hall–Kier alpha value is -0.0400. The SMILES string of the molecule is CCCCC(N)CC(C)CC. The van der Waals surface area contributed by atoms with E-state index in [0.717, 1.165) is 5.92 Å². The first-order valence-corrected chi connectivity index (χ1v) is 4.96. The molecular weight excluding hydrogens is 134 g/mol. The van der Waals surface area contributed by atoms with Crippen LogP contribution in [0.5, 0.6) is 0 Å². The highest BCUT2D eigenvalue weighted by atomic mass is 14.6. The third-order valence-electron chi connectivity index (χ3n) is 2.33. The molecular formula is C10H23N. The zero-order valence-electron chi connectivity index (χ0n) is 8.27. The van der Waals surface area contributed by atoms with Crippen molar-refractivity contribution in [2.75, 3.05) is 0 Å². The molecule has 0 fully saturated rings. The van der Waals surface area contributed by atoms with Gasteiger partial charge >= 0.3 is 0 Å². The Labute approximate surface area is 71.4 Å². The normalized spacial score (nSPS) is 16.4. The van der Waals surface area contributed by atoms with Crippen molar-refractivity contribution < 1.29 is 0 Å². The predicted molar refractivity (Wildman–Crippen MR) is 51.6 cm³/mol. The lowest BCUT2D eigenvalue weighted by atomic mass is 9.97. The second-order valence-corrected chi connectivity index (χ2v) is 3.65. The third-order valence-corrected chi connectivity index (χ3v) is 2.33. The molecule has 1 nitrogen and oxygen atoms in total. The van der Waals surface area contributed by atoms with Crippen LogP contribution in [0.3, 0.4) is 0 Å². The highest BCUT2D eigenvalue weighted by molar-refractivity contribution is 4.64. The Bertz CT molecular complexity index is 80.9. The van der Waals surface area contributed by atoms with Crippen LogP contribution >= 0.6 is 0 Å². The molecule has 2 unspecified atom stereocenters. The fourth-order valence-corrected chi connectivity index (χ4v) is 1.27. The van der Waals surface area contributed by atoms with Crippen molar-refractivity contribution in [1.29, 1.82) is 0 Å². The van der Waals surface area contributed by atoms with E-state index >= 15 is 0 Å². The van der Waals surface area contributed by atoms with Gasteiger partial charge in [-0.15, -0.1) is 0 Å². The maximum atomic E-state index is 5.94. The van der Waals surface area contributed by atoms with Crippen molar-refractivity contribution in [1.82, 2.24) is 0 Å². The van der Waals surface area contributed by atoms with Crippen LogP contribution in [-0.4, -0.2) is 6.04 Å². The van der Waals surface area contributed by atoms with Crippen molar-refractivity contribution in [2.45, 2.75) is 58.9 Å². The summed E-state index contributed by atoms with van der Waals surface area (Å²) in [6.07, 6.45) is 6.24. The Morgan fingerprint density at radius 1 is 1.27 bits per heavy atom. The smallest absolute Gasteiger partial charge is 0.00413 e. The molecule has 0 saturated carbocycles. The average molecular weight is 157 g/mol. The Balaban J connectivity index is 3.27. The number of unbranched alkanes of at least 4 members (excludes halogenated alkanes) is 1. The van der Waals surface area contributed by atoms with Gasteiger partial charge in [0.15, 0.2) is 0 Å². The molecule has 0 spiro atoms. The molecule has 0 rings (SSSR count). The zero-order valence-corrected chi connectivity index (χ0v) is 8.27. The monoisotopic (exact) mass is 157 g/mol. The fourth-order valence-electron chi connectivity index (χ4n) is 1.27. The lowest BCUT2D eigenvalue weighted by Crippen LogP contribution is -2.22. The molecule has 0 radical (unpaired) electrons. The second kappa shape index (κ2) is 6.66. The molecule has 0 amide bonds. The minimum Gasteiger partial charge on any atom is -0.328 e. The van der Waals surface area contributed by atoms with Crippen molar-refractivity contribution in [3.8, 4) is 0 Å². The quantitative estimate of drug-likeness (QED) is 0.630. The largest absolute Gasteiger partial charge is 0.328 e. The number of rotatable bonds is 6. The topological polar surface area (TPSA) is 26.0 Å². The summed E-state index contributed by atoms with van der Waals surface area (Å²) in [5, 5.41) is 0. The zero-order chi connectivity index (χ0) is 8.69. The summed E-state index contributed by atoms with van der Waals surface area (Å²) in [7, 11) is 0. The Morgan fingerprint density at radius 3 is 2.36 bits per heavy atom. The van der Waals surface area contributed by atoms with E-state index in [1.54, 1.807) is 0 Å². The van der Waals surface area contributed by atoms with Gasteiger partial charge in [0.1, 0.15) is 0 Å². The van der Waals surface area contributed by atoms with Gasteiger partial charge in [0, 0.05) is 6.04 Å². The van der Waals surface area contributed by atoms with E-state index in [1.165, 1.54) is 32.1 Å². The summed E-state index contributed by atoms with van der Waals surface area (Å²) in [6, 6.07) is 0.449. The predicted octanol–water partition coefficient (Wildman–Crippen LogP) is 2.94. The summed E-state index contributed by atoms with van der Waals surface area (Å²) in [5.41, 5.74) is 5.94. The van der Waals surface area contributed by atoms with E-state index in [4.69, 9.17) is 5.73 Å². The summed E-state index contributed by atoms with van der Waals surface area (Å²) < 4.78 is 0. The van der Waals surface area contributed by atoms with Gasteiger partial charge in [0.2, 0.25) is 0 Å². The van der Waals surface area contributed by atoms with Crippen molar-refractivity contribution in [2.24, 2.45) is 11.7 Å². The van der Waals surface area contributed by atoms with Gasteiger partial charge in [0.25, 0.3) is 0 Å². The highest BCUT2D eigenvalue weighted by Gasteiger charge is 2.05. The van der Waals surface area contributed by atoms with Crippen LogP contribution in [0.1, 0.15) is 52.9 Å². The molecule has 2 N–H and O–H groups in total. The maximum absolute atomic E-state index is 5.94. The molecule has 0 bridgehead atoms. The molecule has 0 aliphatic carbocycles. The Kier molecular flexibility index (Phi) is 6.63. The molecule has 1 heteroatoms. The molecule has 0 aliphatic rings. The Morgan fingerprint density at radius 2 is 1.91 bits per heavy atom. The third kappa shape index (κ3) is 6.36. The van der Waals surface area contributed by atoms with Crippen LogP contribution in [0.2, 0.25) is 0 Å². The van der Waals surface area contributed by atoms with E-state index in [2.05, 4.69) is 20.8 Å². The molecule has 0 heterocycles. The van der Waals surface area contributed by atoms with Crippen LogP contribution in [0, 0.1) is 5.92 Å². The van der Waals surface area contributed by atoms with Gasteiger partial charge in [-0.1, -0.05) is 40.0 Å². The first kappa shape index (κ1) is 11.0. The summed E-state index contributed by atoms with van der Waals surface area (Å²) in [5.74, 6) is 0.807. The van der Waals surface area contributed by atoms with E-state index in [1.807, 2.05) is 0 Å². The molecule has 68 valence electrons. The van der Waals surface area contributed by atoms with E-state index < -0.39 is 0 Å². The summed E-state index contributed by atoms with van der Waals surface area (Å²) >= 11 is 0. The molecule has 0 aromatic rings. The van der Waals surface area contributed by atoms with Crippen LogP contribution in [-0.2, 0) is 0 Å². The van der Waals surface area contributed by atoms with Crippen LogP contribution in [0.15, 0.2) is 0 Å². The van der Waals surface area contributed by atoms with Crippen molar-refractivity contribution >= 4 is 0 Å². The number of hydrogen-bond acceptors (Lipinski definition) is 1. The molecule has 2 atom stereocenters. The number of hydrogen-bond donors (Lipinski definition) is 1. The van der Waals surface area contributed by atoms with Gasteiger partial charge in [-0.2, -0.15) is 0 Å². The summed E-state index contributed by atoms with van der Waals surface area (Å²) in [6.45, 7) is 6.74. The highest BCUT2D eigenvalue weighted by Crippen LogP contribution is 2.12. The lowest BCUT2D eigenvalue weighted by molar-refractivity contribution is 0.428. The van der Waals surface area contributed by atoms with Crippen LogP contribution in [0.25, 0.3) is 0 Å². The maximum Gasteiger partial charge on any atom is 0.00413 e. The van der Waals surface area contributed by atoms with E-state index in [0.29, 0.717) is 6.04 Å². The second-order valence-electron chi connectivity index (χ2n) is 3.65. The van der Waals surface area contributed by atoms with Crippen molar-refractivity contribution in [3.63, 3.8) is 0 Å². The fraction of sp³-hybridized carbons (Fsp3) is 1.00. The first-order valence-electron chi connectivity index (χ1n) is 4.96. The van der Waals surface area contributed by atoms with Crippen molar-refractivity contribution in [3.05, 3.63) is 0 Å². The van der Waals surface area contributed by atoms with Crippen LogP contribution in [0.4, 0.5) is 0 Å². The molecule has 0 aromatic heterocycles. The van der Waals surface area contributed by atoms with E-state index in [9.17, 15) is 0 Å². The van der Waals surface area contributed by atoms with E-state index in [-0.39, 0.29) is 0 Å². The lowest BCUT2D eigenvalue weighted by Gasteiger charge is -2.14. The van der Waals surface area contributed by atoms with Gasteiger partial charge in [-0.05, 0) is 18.8 Å². The minimum absolute atomic E-state index is 0.449. The first-order chi connectivity index (χ1) is 5.20. The average Bonchev–Trinajstić information content (AvgIpc) is 2.00. The molecule has 0 saturated heterocycles. The van der Waals surface area contributed by atoms with Crippen LogP contribution < -0.4 is 5.73 Å². The number of nitrogens with two attached hydrogens (primary N) is 1. The minimum atomic E-state index is 0.449. The van der Waals surface area contributed by atoms with Gasteiger partial charge in [-0.25, -0.2) is 0 Å². The van der Waals surface area contributed by atoms with Gasteiger partial charge in [-0.3, -0.25) is 0 Å². The van der Waals surface area contributed by atoms with Gasteiger partial charge < -0.3 is 5.73 Å². The molecule has 0 aliphatic heterocycles. The standard InChI is InChI=1S/C10H23N/c1-4-6-7-10(11)8-9(3)5-2/h9-10H,4-8,11H2,1-3H3. The molecule has 11 heavy (non-hydrogen) atoms. The molecule has 0 aromatic carbocycles. The summed E-state index contributed by atoms with van der Waals surface area (Å²) in [4.78, 5) is 0.